The Labute approximate surface area is 120 Å². The lowest BCUT2D eigenvalue weighted by Gasteiger charge is -2.29. The number of hydrogen-bond acceptors (Lipinski definition) is 6. The van der Waals surface area contributed by atoms with Crippen LogP contribution in [0.2, 0.25) is 0 Å². The molecule has 0 aromatic heterocycles. The summed E-state index contributed by atoms with van der Waals surface area (Å²) >= 11 is 0. The summed E-state index contributed by atoms with van der Waals surface area (Å²) in [7, 11) is 0. The molecule has 0 aromatic rings. The molecule has 2 heterocycles. The molecule has 0 aliphatic carbocycles. The molecule has 0 radical (unpaired) electrons. The summed E-state index contributed by atoms with van der Waals surface area (Å²) in [4.78, 5) is 21.3. The van der Waals surface area contributed by atoms with Crippen molar-refractivity contribution in [3.05, 3.63) is 0 Å². The van der Waals surface area contributed by atoms with Crippen LogP contribution in [0.5, 0.6) is 0 Å². The average Bonchev–Trinajstić information content (AvgIpc) is 3.20. The van der Waals surface area contributed by atoms with Crippen LogP contribution in [0, 0.1) is 0 Å². The fraction of sp³-hybridized carbons (Fsp3) is 1.00. The zero-order valence-corrected chi connectivity index (χ0v) is 12.8. The first-order valence-electron chi connectivity index (χ1n) is 7.21. The van der Waals surface area contributed by atoms with Crippen molar-refractivity contribution in [2.24, 2.45) is 0 Å². The van der Waals surface area contributed by atoms with Gasteiger partial charge in [-0.25, -0.2) is 19.6 Å². The standard InChI is InChI=1S/C14H26O6/c1-13(2,19-17-9-11-7-15-11)5-6-14(3,4)20-18-10-12-8-16-12/h11-12H,5-10H2,1-4H3. The van der Waals surface area contributed by atoms with Crippen LogP contribution >= 0.6 is 0 Å². The Kier molecular flexibility index (Phi) is 5.39. The third-order valence-electron chi connectivity index (χ3n) is 3.21. The second-order valence-corrected chi connectivity index (χ2v) is 6.67. The smallest absolute Gasteiger partial charge is 0.111 e. The molecule has 118 valence electrons. The van der Waals surface area contributed by atoms with Gasteiger partial charge in [0.05, 0.1) is 24.4 Å². The molecule has 2 saturated heterocycles. The molecule has 0 spiro atoms. The van der Waals surface area contributed by atoms with Gasteiger partial charge in [0.2, 0.25) is 0 Å². The van der Waals surface area contributed by atoms with E-state index >= 15 is 0 Å². The van der Waals surface area contributed by atoms with Crippen LogP contribution < -0.4 is 0 Å². The molecule has 2 atom stereocenters. The van der Waals surface area contributed by atoms with Crippen molar-refractivity contribution in [1.29, 1.82) is 0 Å². The molecular weight excluding hydrogens is 264 g/mol. The lowest BCUT2D eigenvalue weighted by atomic mass is 9.94. The maximum Gasteiger partial charge on any atom is 0.111 e. The second kappa shape index (κ2) is 6.68. The van der Waals surface area contributed by atoms with Gasteiger partial charge in [0, 0.05) is 0 Å². The summed E-state index contributed by atoms with van der Waals surface area (Å²) in [6.45, 7) is 10.5. The van der Waals surface area contributed by atoms with E-state index in [4.69, 9.17) is 29.0 Å². The first-order valence-corrected chi connectivity index (χ1v) is 7.21. The van der Waals surface area contributed by atoms with Gasteiger partial charge in [-0.2, -0.15) is 0 Å². The Balaban J connectivity index is 1.56. The van der Waals surface area contributed by atoms with Crippen LogP contribution in [0.3, 0.4) is 0 Å². The van der Waals surface area contributed by atoms with Gasteiger partial charge in [0.15, 0.2) is 0 Å². The van der Waals surface area contributed by atoms with Crippen molar-refractivity contribution >= 4 is 0 Å². The van der Waals surface area contributed by atoms with Gasteiger partial charge in [-0.05, 0) is 40.5 Å². The Morgan fingerprint density at radius 3 is 1.45 bits per heavy atom. The Bertz CT molecular complexity index is 266. The van der Waals surface area contributed by atoms with E-state index in [2.05, 4.69) is 0 Å². The number of hydrogen-bond donors (Lipinski definition) is 0. The SMILES string of the molecule is CC(C)(CCC(C)(C)OOCC1CO1)OOCC1CO1. The van der Waals surface area contributed by atoms with Gasteiger partial charge >= 0.3 is 0 Å². The lowest BCUT2D eigenvalue weighted by Crippen LogP contribution is -2.32. The summed E-state index contributed by atoms with van der Waals surface area (Å²) in [6, 6.07) is 0. The van der Waals surface area contributed by atoms with Gasteiger partial charge in [-0.3, -0.25) is 0 Å². The molecule has 0 N–H and O–H groups in total. The fourth-order valence-electron chi connectivity index (χ4n) is 1.55. The third kappa shape index (κ3) is 6.97. The predicted molar refractivity (Wildman–Crippen MR) is 70.9 cm³/mol. The highest BCUT2D eigenvalue weighted by Crippen LogP contribution is 2.26. The van der Waals surface area contributed by atoms with Crippen LogP contribution in [0.4, 0.5) is 0 Å². The molecule has 2 aliphatic rings. The Hall–Kier alpha value is -0.240. The van der Waals surface area contributed by atoms with Crippen molar-refractivity contribution in [3.8, 4) is 0 Å². The predicted octanol–water partition coefficient (Wildman–Crippen LogP) is 2.02. The summed E-state index contributed by atoms with van der Waals surface area (Å²) in [5, 5.41) is 0. The Morgan fingerprint density at radius 1 is 0.800 bits per heavy atom. The van der Waals surface area contributed by atoms with Gasteiger partial charge in [-0.1, -0.05) is 0 Å². The summed E-state index contributed by atoms with van der Waals surface area (Å²) < 4.78 is 10.1. The number of rotatable bonds is 11. The van der Waals surface area contributed by atoms with E-state index in [1.807, 2.05) is 27.7 Å². The quantitative estimate of drug-likeness (QED) is 0.329. The van der Waals surface area contributed by atoms with Crippen LogP contribution in [-0.4, -0.2) is 49.8 Å². The summed E-state index contributed by atoms with van der Waals surface area (Å²) in [5.41, 5.74) is -0.732. The van der Waals surface area contributed by atoms with Gasteiger partial charge in [0.1, 0.15) is 25.4 Å². The molecule has 0 aromatic carbocycles. The van der Waals surface area contributed by atoms with Gasteiger partial charge < -0.3 is 9.47 Å². The highest BCUT2D eigenvalue weighted by Gasteiger charge is 2.30. The molecule has 2 fully saturated rings. The van der Waals surface area contributed by atoms with E-state index in [-0.39, 0.29) is 23.4 Å². The summed E-state index contributed by atoms with van der Waals surface area (Å²) in [6.07, 6.45) is 2.02. The minimum absolute atomic E-state index is 0.212. The molecule has 6 nitrogen and oxygen atoms in total. The molecule has 2 aliphatic heterocycles. The van der Waals surface area contributed by atoms with Crippen LogP contribution in [0.25, 0.3) is 0 Å². The first-order chi connectivity index (χ1) is 9.36. The van der Waals surface area contributed by atoms with E-state index in [9.17, 15) is 0 Å². The number of ether oxygens (including phenoxy) is 2. The topological polar surface area (TPSA) is 62.0 Å². The highest BCUT2D eigenvalue weighted by atomic mass is 17.2. The van der Waals surface area contributed by atoms with Crippen molar-refractivity contribution in [1.82, 2.24) is 0 Å². The molecule has 2 rings (SSSR count). The van der Waals surface area contributed by atoms with Gasteiger partial charge in [-0.15, -0.1) is 0 Å². The average molecular weight is 290 g/mol. The normalized spacial score (nSPS) is 25.8. The monoisotopic (exact) mass is 290 g/mol. The largest absolute Gasteiger partial charge is 0.370 e. The molecular formula is C14H26O6. The zero-order valence-electron chi connectivity index (χ0n) is 12.8. The Morgan fingerprint density at radius 2 is 1.15 bits per heavy atom. The molecule has 6 heteroatoms. The van der Waals surface area contributed by atoms with E-state index < -0.39 is 0 Å². The molecule has 20 heavy (non-hydrogen) atoms. The fourth-order valence-corrected chi connectivity index (χ4v) is 1.55. The molecule has 0 amide bonds. The van der Waals surface area contributed by atoms with Crippen LogP contribution in [-0.2, 0) is 29.0 Å². The minimum atomic E-state index is -0.366. The molecule has 0 bridgehead atoms. The third-order valence-corrected chi connectivity index (χ3v) is 3.21. The van der Waals surface area contributed by atoms with Crippen molar-refractivity contribution in [3.63, 3.8) is 0 Å². The number of epoxide rings is 2. The van der Waals surface area contributed by atoms with Gasteiger partial charge in [0.25, 0.3) is 0 Å². The highest BCUT2D eigenvalue weighted by molar-refractivity contribution is 4.75. The minimum Gasteiger partial charge on any atom is -0.370 e. The molecule has 2 unspecified atom stereocenters. The first kappa shape index (κ1) is 16.1. The summed E-state index contributed by atoms with van der Waals surface area (Å²) in [5.74, 6) is 0. The van der Waals surface area contributed by atoms with Crippen LogP contribution in [0.15, 0.2) is 0 Å². The maximum absolute atomic E-state index is 5.43. The van der Waals surface area contributed by atoms with E-state index in [1.165, 1.54) is 0 Å². The van der Waals surface area contributed by atoms with E-state index in [0.717, 1.165) is 26.1 Å². The van der Waals surface area contributed by atoms with Crippen molar-refractivity contribution in [2.75, 3.05) is 26.4 Å². The second-order valence-electron chi connectivity index (χ2n) is 6.67. The van der Waals surface area contributed by atoms with Crippen molar-refractivity contribution < 1.29 is 29.0 Å². The maximum atomic E-state index is 5.43. The van der Waals surface area contributed by atoms with E-state index in [0.29, 0.717) is 13.2 Å². The van der Waals surface area contributed by atoms with Crippen LogP contribution in [0.1, 0.15) is 40.5 Å². The van der Waals surface area contributed by atoms with Crippen molar-refractivity contribution in [2.45, 2.75) is 63.9 Å². The molecule has 0 saturated carbocycles. The lowest BCUT2D eigenvalue weighted by molar-refractivity contribution is -0.370. The zero-order chi connectivity index (χ0) is 14.6. The van der Waals surface area contributed by atoms with E-state index in [1.54, 1.807) is 0 Å².